The number of fused-ring (bicyclic) bond motifs is 1. The molecule has 1 atom stereocenters. The summed E-state index contributed by atoms with van der Waals surface area (Å²) in [6.45, 7) is 3.62. The number of carbonyl (C=O) groups is 1. The van der Waals surface area contributed by atoms with Gasteiger partial charge in [-0.2, -0.15) is 4.39 Å². The van der Waals surface area contributed by atoms with E-state index in [4.69, 9.17) is 9.15 Å². The van der Waals surface area contributed by atoms with E-state index < -0.39 is 28.4 Å². The maximum absolute atomic E-state index is 13.7. The van der Waals surface area contributed by atoms with Crippen LogP contribution in [0, 0.1) is 15.9 Å². The van der Waals surface area contributed by atoms with Crippen molar-refractivity contribution in [3.8, 4) is 11.3 Å². The highest BCUT2D eigenvalue weighted by Gasteiger charge is 2.33. The number of nitrogens with zero attached hydrogens (tertiary/aromatic N) is 3. The molecule has 188 valence electrons. The number of furan rings is 1. The Kier molecular flexibility index (Phi) is 6.44. The molecule has 0 amide bonds. The summed E-state index contributed by atoms with van der Waals surface area (Å²) >= 11 is 2.57. The second-order valence-corrected chi connectivity index (χ2v) is 9.93. The van der Waals surface area contributed by atoms with E-state index in [1.54, 1.807) is 32.1 Å². The van der Waals surface area contributed by atoms with E-state index in [9.17, 15) is 24.1 Å². The highest BCUT2D eigenvalue weighted by molar-refractivity contribution is 7.10. The first-order valence-corrected chi connectivity index (χ1v) is 12.7. The van der Waals surface area contributed by atoms with Gasteiger partial charge in [-0.15, -0.1) is 11.3 Å². The SMILES string of the molecule is CCOC(=O)C1=C(C)N=c2s/c(=C\c3ccc(-c4ccc(F)c([N+](=O)[O-])c4)o3)c(=O)n2[C@H]1c1cccs1. The van der Waals surface area contributed by atoms with Crippen LogP contribution in [0.1, 0.15) is 30.5 Å². The van der Waals surface area contributed by atoms with Crippen LogP contribution in [0.4, 0.5) is 10.1 Å². The first-order chi connectivity index (χ1) is 17.8. The van der Waals surface area contributed by atoms with Gasteiger partial charge in [0.25, 0.3) is 5.56 Å². The van der Waals surface area contributed by atoms with Crippen molar-refractivity contribution in [3.63, 3.8) is 0 Å². The molecule has 1 aromatic carbocycles. The summed E-state index contributed by atoms with van der Waals surface area (Å²) in [7, 11) is 0. The maximum atomic E-state index is 13.7. The molecule has 0 saturated heterocycles. The highest BCUT2D eigenvalue weighted by Crippen LogP contribution is 2.33. The summed E-state index contributed by atoms with van der Waals surface area (Å²) in [4.78, 5) is 42.4. The van der Waals surface area contributed by atoms with Gasteiger partial charge in [-0.05, 0) is 49.6 Å². The second kappa shape index (κ2) is 9.71. The summed E-state index contributed by atoms with van der Waals surface area (Å²) in [5, 5.41) is 12.9. The van der Waals surface area contributed by atoms with Crippen LogP contribution in [0.15, 0.2) is 73.3 Å². The maximum Gasteiger partial charge on any atom is 0.338 e. The van der Waals surface area contributed by atoms with Gasteiger partial charge in [0.2, 0.25) is 5.82 Å². The lowest BCUT2D eigenvalue weighted by Crippen LogP contribution is -2.39. The number of nitro groups is 1. The first-order valence-electron chi connectivity index (χ1n) is 11.1. The summed E-state index contributed by atoms with van der Waals surface area (Å²) in [6, 6.07) is 9.67. The summed E-state index contributed by atoms with van der Waals surface area (Å²) in [6.07, 6.45) is 1.54. The quantitative estimate of drug-likeness (QED) is 0.206. The minimum Gasteiger partial charge on any atom is -0.463 e. The number of benzene rings is 1. The van der Waals surface area contributed by atoms with Crippen molar-refractivity contribution in [2.24, 2.45) is 4.99 Å². The Labute approximate surface area is 216 Å². The molecule has 0 aliphatic carbocycles. The number of thiazole rings is 1. The van der Waals surface area contributed by atoms with Gasteiger partial charge in [-0.3, -0.25) is 19.5 Å². The molecule has 5 rings (SSSR count). The Hall–Kier alpha value is -4.16. The number of halogens is 1. The van der Waals surface area contributed by atoms with Crippen molar-refractivity contribution in [2.75, 3.05) is 6.61 Å². The van der Waals surface area contributed by atoms with Crippen LogP contribution >= 0.6 is 22.7 Å². The van der Waals surface area contributed by atoms with Crippen LogP contribution in [-0.2, 0) is 9.53 Å². The number of nitro benzene ring substituents is 1. The smallest absolute Gasteiger partial charge is 0.338 e. The third kappa shape index (κ3) is 4.45. The van der Waals surface area contributed by atoms with Gasteiger partial charge in [0.15, 0.2) is 4.80 Å². The van der Waals surface area contributed by atoms with Crippen molar-refractivity contribution in [1.82, 2.24) is 4.57 Å². The van der Waals surface area contributed by atoms with E-state index in [1.165, 1.54) is 22.0 Å². The largest absolute Gasteiger partial charge is 0.463 e. The van der Waals surface area contributed by atoms with Crippen LogP contribution in [0.3, 0.4) is 0 Å². The molecule has 4 aromatic rings. The molecule has 37 heavy (non-hydrogen) atoms. The van der Waals surface area contributed by atoms with Crippen molar-refractivity contribution < 1.29 is 23.3 Å². The van der Waals surface area contributed by atoms with Crippen LogP contribution in [-0.4, -0.2) is 22.1 Å². The lowest BCUT2D eigenvalue weighted by molar-refractivity contribution is -0.387. The molecule has 0 spiro atoms. The van der Waals surface area contributed by atoms with Crippen LogP contribution < -0.4 is 14.9 Å². The fourth-order valence-electron chi connectivity index (χ4n) is 4.03. The van der Waals surface area contributed by atoms with E-state index in [-0.39, 0.29) is 17.9 Å². The Morgan fingerprint density at radius 1 is 1.32 bits per heavy atom. The molecule has 12 heteroatoms. The average Bonchev–Trinajstić information content (AvgIpc) is 3.61. The third-order valence-electron chi connectivity index (χ3n) is 5.66. The van der Waals surface area contributed by atoms with E-state index in [0.29, 0.717) is 31.9 Å². The lowest BCUT2D eigenvalue weighted by Gasteiger charge is -2.23. The zero-order valence-electron chi connectivity index (χ0n) is 19.5. The first kappa shape index (κ1) is 24.5. The normalized spacial score (nSPS) is 15.4. The van der Waals surface area contributed by atoms with E-state index in [2.05, 4.69) is 4.99 Å². The van der Waals surface area contributed by atoms with Crippen molar-refractivity contribution in [2.45, 2.75) is 19.9 Å². The van der Waals surface area contributed by atoms with Crippen LogP contribution in [0.5, 0.6) is 0 Å². The van der Waals surface area contributed by atoms with E-state index >= 15 is 0 Å². The number of hydrogen-bond acceptors (Lipinski definition) is 9. The van der Waals surface area contributed by atoms with Gasteiger partial charge < -0.3 is 9.15 Å². The zero-order valence-corrected chi connectivity index (χ0v) is 21.1. The average molecular weight is 540 g/mol. The number of allylic oxidation sites excluding steroid dienone is 1. The number of esters is 1. The van der Waals surface area contributed by atoms with Gasteiger partial charge in [0, 0.05) is 22.6 Å². The number of carbonyl (C=O) groups excluding carboxylic acids is 1. The van der Waals surface area contributed by atoms with Gasteiger partial charge in [-0.1, -0.05) is 17.4 Å². The molecule has 1 aliphatic rings. The standard InChI is InChI=1S/C25H18FN3O6S2/c1-3-34-24(31)21-13(2)27-25-28(22(21)19-5-4-10-36-19)23(30)20(37-25)12-15-7-9-18(35-15)14-6-8-16(26)17(11-14)29(32)33/h4-12,22H,3H2,1-2H3/b20-12-/t22-/m0/s1. The molecule has 3 aromatic heterocycles. The highest BCUT2D eigenvalue weighted by atomic mass is 32.1. The van der Waals surface area contributed by atoms with Crippen molar-refractivity contribution >= 4 is 40.4 Å². The van der Waals surface area contributed by atoms with Crippen molar-refractivity contribution in [1.29, 1.82) is 0 Å². The number of ether oxygens (including phenoxy) is 1. The molecule has 0 bridgehead atoms. The third-order valence-corrected chi connectivity index (χ3v) is 7.56. The molecule has 0 radical (unpaired) electrons. The molecular formula is C25H18FN3O6S2. The van der Waals surface area contributed by atoms with Gasteiger partial charge in [-0.25, -0.2) is 9.79 Å². The zero-order chi connectivity index (χ0) is 26.3. The molecule has 9 nitrogen and oxygen atoms in total. The Bertz CT molecular complexity index is 1750. The molecular weight excluding hydrogens is 521 g/mol. The van der Waals surface area contributed by atoms with Gasteiger partial charge in [0.1, 0.15) is 17.6 Å². The predicted molar refractivity (Wildman–Crippen MR) is 135 cm³/mol. The Morgan fingerprint density at radius 3 is 2.84 bits per heavy atom. The molecule has 4 heterocycles. The van der Waals surface area contributed by atoms with Crippen molar-refractivity contribution in [3.05, 3.63) is 105 Å². The Balaban J connectivity index is 1.59. The molecule has 0 unspecified atom stereocenters. The molecule has 0 N–H and O–H groups in total. The van der Waals surface area contributed by atoms with E-state index in [1.807, 2.05) is 17.5 Å². The number of rotatable bonds is 6. The molecule has 0 saturated carbocycles. The molecule has 0 fully saturated rings. The van der Waals surface area contributed by atoms with Gasteiger partial charge >= 0.3 is 11.7 Å². The second-order valence-electron chi connectivity index (χ2n) is 7.94. The van der Waals surface area contributed by atoms with Gasteiger partial charge in [0.05, 0.1) is 27.3 Å². The minimum atomic E-state index is -0.945. The lowest BCUT2D eigenvalue weighted by atomic mass is 10.0. The summed E-state index contributed by atoms with van der Waals surface area (Å²) < 4.78 is 26.6. The molecule has 1 aliphatic heterocycles. The topological polar surface area (TPSA) is 117 Å². The van der Waals surface area contributed by atoms with Crippen LogP contribution in [0.25, 0.3) is 17.4 Å². The summed E-state index contributed by atoms with van der Waals surface area (Å²) in [5.74, 6) is -0.875. The van der Waals surface area contributed by atoms with E-state index in [0.717, 1.165) is 28.3 Å². The fourth-order valence-corrected chi connectivity index (χ4v) is 5.88. The summed E-state index contributed by atoms with van der Waals surface area (Å²) in [5.41, 5.74) is 0.0859. The van der Waals surface area contributed by atoms with Crippen LogP contribution in [0.2, 0.25) is 0 Å². The predicted octanol–water partition coefficient (Wildman–Crippen LogP) is 4.17. The monoisotopic (exact) mass is 539 g/mol. The Morgan fingerprint density at radius 2 is 2.14 bits per heavy atom. The fraction of sp³-hybridized carbons (Fsp3) is 0.160. The number of hydrogen-bond donors (Lipinski definition) is 0. The number of thiophene rings is 1. The number of aromatic nitrogens is 1. The minimum absolute atomic E-state index is 0.190.